The third kappa shape index (κ3) is 6.36. The van der Waals surface area contributed by atoms with Gasteiger partial charge in [0, 0.05) is 26.1 Å². The quantitative estimate of drug-likeness (QED) is 0.450. The van der Waals surface area contributed by atoms with E-state index < -0.39 is 50.5 Å². The Bertz CT molecular complexity index is 1270. The van der Waals surface area contributed by atoms with E-state index in [0.717, 1.165) is 14.9 Å². The average Bonchev–Trinajstić information content (AvgIpc) is 2.83. The number of carbonyl (C=O) groups excluding carboxylic acids is 2. The summed E-state index contributed by atoms with van der Waals surface area (Å²) in [4.78, 5) is 25.3. The molecule has 3 rings (SSSR count). The summed E-state index contributed by atoms with van der Waals surface area (Å²) in [6.45, 7) is -0.758. The first-order valence-electron chi connectivity index (χ1n) is 10.7. The normalized spacial score (nSPS) is 18.5. The highest BCUT2D eigenvalue weighted by molar-refractivity contribution is 7.89. The number of nitrogens with zero attached hydrogens (tertiary/aromatic N) is 2. The molecule has 0 saturated carbocycles. The molecule has 0 aliphatic carbocycles. The predicted molar refractivity (Wildman–Crippen MR) is 128 cm³/mol. The Morgan fingerprint density at radius 2 is 1.69 bits per heavy atom. The maximum atomic E-state index is 13.2. The number of amides is 2. The summed E-state index contributed by atoms with van der Waals surface area (Å²) in [6.07, 6.45) is 1.00. The highest BCUT2D eigenvalue weighted by atomic mass is 32.2. The number of primary amides is 1. The van der Waals surface area contributed by atoms with E-state index in [9.17, 15) is 26.4 Å². The minimum absolute atomic E-state index is 0.0292. The van der Waals surface area contributed by atoms with E-state index >= 15 is 0 Å². The second kappa shape index (κ2) is 10.7. The molecule has 1 saturated heterocycles. The van der Waals surface area contributed by atoms with Crippen LogP contribution in [0.25, 0.3) is 0 Å². The summed E-state index contributed by atoms with van der Waals surface area (Å²) in [5.41, 5.74) is 6.18. The third-order valence-corrected chi connectivity index (χ3v) is 8.83. The van der Waals surface area contributed by atoms with Gasteiger partial charge in [0.15, 0.2) is 0 Å². The van der Waals surface area contributed by atoms with Gasteiger partial charge < -0.3 is 15.8 Å². The van der Waals surface area contributed by atoms with Gasteiger partial charge >= 0.3 is 0 Å². The van der Waals surface area contributed by atoms with Crippen molar-refractivity contribution in [1.29, 1.82) is 0 Å². The molecule has 1 aliphatic heterocycles. The van der Waals surface area contributed by atoms with Crippen molar-refractivity contribution in [2.24, 2.45) is 5.73 Å². The number of piperazine rings is 1. The number of carbonyl (C=O) groups is 2. The summed E-state index contributed by atoms with van der Waals surface area (Å²) in [5, 5.41) is 2.50. The minimum atomic E-state index is -3.97. The largest absolute Gasteiger partial charge is 0.497 e. The smallest absolute Gasteiger partial charge is 0.243 e. The van der Waals surface area contributed by atoms with Crippen LogP contribution in [0.15, 0.2) is 59.5 Å². The molecule has 0 bridgehead atoms. The molecule has 35 heavy (non-hydrogen) atoms. The number of nitrogens with one attached hydrogen (secondary N) is 1. The van der Waals surface area contributed by atoms with Gasteiger partial charge in [-0.1, -0.05) is 30.3 Å². The molecule has 0 aromatic heterocycles. The average molecular weight is 525 g/mol. The van der Waals surface area contributed by atoms with Crippen molar-refractivity contribution >= 4 is 31.9 Å². The fourth-order valence-electron chi connectivity index (χ4n) is 3.80. The van der Waals surface area contributed by atoms with Crippen LogP contribution >= 0.6 is 0 Å². The molecule has 2 amide bonds. The Labute approximate surface area is 204 Å². The van der Waals surface area contributed by atoms with E-state index in [1.807, 2.05) is 0 Å². The van der Waals surface area contributed by atoms with E-state index in [-0.39, 0.29) is 24.4 Å². The van der Waals surface area contributed by atoms with Crippen LogP contribution in [0.4, 0.5) is 0 Å². The summed E-state index contributed by atoms with van der Waals surface area (Å²) >= 11 is 0. The van der Waals surface area contributed by atoms with Crippen LogP contribution in [0.3, 0.4) is 0 Å². The molecule has 0 spiro atoms. The van der Waals surface area contributed by atoms with Crippen molar-refractivity contribution in [1.82, 2.24) is 13.9 Å². The fourth-order valence-corrected chi connectivity index (χ4v) is 6.30. The molecule has 1 heterocycles. The number of rotatable bonds is 9. The predicted octanol–water partition coefficient (Wildman–Crippen LogP) is -0.457. The lowest BCUT2D eigenvalue weighted by atomic mass is 10.0. The molecule has 13 heteroatoms. The van der Waals surface area contributed by atoms with Gasteiger partial charge in [-0.25, -0.2) is 16.8 Å². The van der Waals surface area contributed by atoms with Crippen LogP contribution in [0.1, 0.15) is 5.56 Å². The zero-order valence-electron chi connectivity index (χ0n) is 19.3. The maximum absolute atomic E-state index is 13.2. The van der Waals surface area contributed by atoms with Gasteiger partial charge in [-0.2, -0.15) is 8.61 Å². The van der Waals surface area contributed by atoms with Crippen LogP contribution in [0, 0.1) is 0 Å². The third-order valence-electron chi connectivity index (χ3n) is 5.66. The molecule has 2 atom stereocenters. The summed E-state index contributed by atoms with van der Waals surface area (Å²) < 4.78 is 58.0. The van der Waals surface area contributed by atoms with Crippen LogP contribution in [0.2, 0.25) is 0 Å². The van der Waals surface area contributed by atoms with Gasteiger partial charge in [-0.05, 0) is 29.8 Å². The highest BCUT2D eigenvalue weighted by Gasteiger charge is 2.42. The first kappa shape index (κ1) is 26.6. The number of sulfonamides is 2. The Balaban J connectivity index is 1.83. The Morgan fingerprint density at radius 1 is 1.06 bits per heavy atom. The molecule has 2 aromatic rings. The minimum Gasteiger partial charge on any atom is -0.497 e. The van der Waals surface area contributed by atoms with E-state index in [1.54, 1.807) is 42.5 Å². The molecule has 11 nitrogen and oxygen atoms in total. The SMILES string of the molecule is COc1ccc(CC(NC(=O)C2CN(S(=O)(=O)c3ccccc3)CCN2S(C)(=O)=O)C(N)=O)cc1. The van der Waals surface area contributed by atoms with Crippen molar-refractivity contribution in [2.75, 3.05) is 33.0 Å². The van der Waals surface area contributed by atoms with Crippen molar-refractivity contribution in [3.63, 3.8) is 0 Å². The number of nitrogens with two attached hydrogens (primary N) is 1. The van der Waals surface area contributed by atoms with Crippen molar-refractivity contribution in [3.8, 4) is 5.75 Å². The molecule has 1 fully saturated rings. The second-order valence-electron chi connectivity index (χ2n) is 8.08. The molecule has 1 aliphatic rings. The van der Waals surface area contributed by atoms with E-state index in [1.165, 1.54) is 19.2 Å². The van der Waals surface area contributed by atoms with Gasteiger partial charge in [0.05, 0.1) is 18.3 Å². The maximum Gasteiger partial charge on any atom is 0.243 e. The molecule has 0 radical (unpaired) electrons. The van der Waals surface area contributed by atoms with Crippen LogP contribution in [-0.4, -0.2) is 82.3 Å². The van der Waals surface area contributed by atoms with Gasteiger partial charge in [0.2, 0.25) is 31.9 Å². The molecule has 2 unspecified atom stereocenters. The monoisotopic (exact) mass is 524 g/mol. The van der Waals surface area contributed by atoms with Gasteiger partial charge in [-0.15, -0.1) is 0 Å². The zero-order chi connectivity index (χ0) is 25.8. The van der Waals surface area contributed by atoms with Crippen molar-refractivity contribution in [3.05, 3.63) is 60.2 Å². The number of ether oxygens (including phenoxy) is 1. The number of methoxy groups -OCH3 is 1. The standard InChI is InChI=1S/C22H28N4O7S2/c1-33-17-10-8-16(9-11-17)14-19(21(23)27)24-22(28)20-15-25(12-13-26(20)34(2,29)30)35(31,32)18-6-4-3-5-7-18/h3-11,19-20H,12-15H2,1-2H3,(H2,23,27)(H,24,28). The lowest BCUT2D eigenvalue weighted by molar-refractivity contribution is -0.130. The molecular weight excluding hydrogens is 496 g/mol. The van der Waals surface area contributed by atoms with Crippen LogP contribution < -0.4 is 15.8 Å². The Hall–Kier alpha value is -3.00. The molecule has 3 N–H and O–H groups in total. The molecule has 2 aromatic carbocycles. The van der Waals surface area contributed by atoms with Crippen molar-refractivity contribution in [2.45, 2.75) is 23.4 Å². The van der Waals surface area contributed by atoms with Gasteiger partial charge in [0.25, 0.3) is 0 Å². The highest BCUT2D eigenvalue weighted by Crippen LogP contribution is 2.22. The Kier molecular flexibility index (Phi) is 8.15. The number of hydrogen-bond acceptors (Lipinski definition) is 7. The number of benzene rings is 2. The topological polar surface area (TPSA) is 156 Å². The molecule has 190 valence electrons. The van der Waals surface area contributed by atoms with Crippen LogP contribution in [0.5, 0.6) is 5.75 Å². The lowest BCUT2D eigenvalue weighted by Gasteiger charge is -2.38. The van der Waals surface area contributed by atoms with E-state index in [0.29, 0.717) is 11.3 Å². The fraction of sp³-hybridized carbons (Fsp3) is 0.364. The zero-order valence-corrected chi connectivity index (χ0v) is 21.0. The second-order valence-corrected chi connectivity index (χ2v) is 12.0. The summed E-state index contributed by atoms with van der Waals surface area (Å²) in [7, 11) is -6.31. The van der Waals surface area contributed by atoms with E-state index in [4.69, 9.17) is 10.5 Å². The van der Waals surface area contributed by atoms with Gasteiger partial charge in [-0.3, -0.25) is 9.59 Å². The van der Waals surface area contributed by atoms with E-state index in [2.05, 4.69) is 5.32 Å². The van der Waals surface area contributed by atoms with Crippen molar-refractivity contribution < 1.29 is 31.2 Å². The number of hydrogen-bond donors (Lipinski definition) is 2. The summed E-state index contributed by atoms with van der Waals surface area (Å²) in [6, 6.07) is 11.9. The van der Waals surface area contributed by atoms with Gasteiger partial charge in [0.1, 0.15) is 17.8 Å². The first-order chi connectivity index (χ1) is 16.4. The van der Waals surface area contributed by atoms with Crippen LogP contribution in [-0.2, 0) is 36.1 Å². The summed E-state index contributed by atoms with van der Waals surface area (Å²) in [5.74, 6) is -1.02. The Morgan fingerprint density at radius 3 is 2.23 bits per heavy atom. The lowest BCUT2D eigenvalue weighted by Crippen LogP contribution is -2.63. The first-order valence-corrected chi connectivity index (χ1v) is 14.0. The molecular formula is C22H28N4O7S2.